The third kappa shape index (κ3) is 4.22. The van der Waals surface area contributed by atoms with Gasteiger partial charge >= 0.3 is 5.97 Å². The molecule has 92 valence electrons. The summed E-state index contributed by atoms with van der Waals surface area (Å²) in [7, 11) is 3.72. The highest BCUT2D eigenvalue weighted by atomic mass is 16.5. The highest BCUT2D eigenvalue weighted by Gasteiger charge is 2.09. The summed E-state index contributed by atoms with van der Waals surface area (Å²) in [6.45, 7) is 2.29. The normalized spacial score (nSPS) is 10.5. The lowest BCUT2D eigenvalue weighted by molar-refractivity contribution is 0.0541. The third-order valence-corrected chi connectivity index (χ3v) is 2.03. The Morgan fingerprint density at radius 2 is 2.12 bits per heavy atom. The molecule has 0 saturated carbocycles. The van der Waals surface area contributed by atoms with E-state index in [1.807, 2.05) is 32.0 Å². The number of rotatable bonds is 5. The van der Waals surface area contributed by atoms with Crippen LogP contribution in [0.15, 0.2) is 24.3 Å². The number of nitrogens with zero attached hydrogens (tertiary/aromatic N) is 3. The number of hydrogen-bond acceptors (Lipinski definition) is 5. The minimum absolute atomic E-state index is 0.223. The first kappa shape index (κ1) is 13.2. The van der Waals surface area contributed by atoms with Crippen molar-refractivity contribution >= 4 is 11.8 Å². The van der Waals surface area contributed by atoms with Crippen molar-refractivity contribution in [1.29, 1.82) is 0 Å². The molecule has 1 aromatic heterocycles. The van der Waals surface area contributed by atoms with Gasteiger partial charge in [-0.15, -0.1) is 10.2 Å². The number of allylic oxidation sites excluding steroid dienone is 1. The molecule has 0 saturated heterocycles. The van der Waals surface area contributed by atoms with Gasteiger partial charge in [-0.25, -0.2) is 4.79 Å². The maximum atomic E-state index is 11.5. The van der Waals surface area contributed by atoms with E-state index in [4.69, 9.17) is 4.74 Å². The van der Waals surface area contributed by atoms with Crippen LogP contribution >= 0.6 is 0 Å². The molecule has 0 aliphatic carbocycles. The van der Waals surface area contributed by atoms with E-state index in [0.29, 0.717) is 5.82 Å². The molecule has 0 aromatic carbocycles. The first-order valence-electron chi connectivity index (χ1n) is 5.48. The number of carbonyl (C=O) groups is 1. The summed E-state index contributed by atoms with van der Waals surface area (Å²) < 4.78 is 4.99. The smallest absolute Gasteiger partial charge is 0.359 e. The summed E-state index contributed by atoms with van der Waals surface area (Å²) in [6.07, 6.45) is 4.67. The van der Waals surface area contributed by atoms with Gasteiger partial charge in [-0.1, -0.05) is 19.1 Å². The van der Waals surface area contributed by atoms with Crippen LogP contribution in [-0.4, -0.2) is 36.9 Å². The summed E-state index contributed by atoms with van der Waals surface area (Å²) in [5.41, 5.74) is 0.223. The van der Waals surface area contributed by atoms with Gasteiger partial charge in [0.25, 0.3) is 0 Å². The minimum atomic E-state index is -0.455. The number of carbonyl (C=O) groups excluding carboxylic acids is 1. The molecule has 0 bridgehead atoms. The Kier molecular flexibility index (Phi) is 5.13. The third-order valence-electron chi connectivity index (χ3n) is 2.03. The second-order valence-corrected chi connectivity index (χ2v) is 3.65. The van der Waals surface area contributed by atoms with Crippen molar-refractivity contribution in [3.05, 3.63) is 30.0 Å². The van der Waals surface area contributed by atoms with E-state index >= 15 is 0 Å². The SMILES string of the molecule is CC/C=C/COC(=O)c1ccc(N(C)C)nn1. The van der Waals surface area contributed by atoms with Crippen LogP contribution in [0.5, 0.6) is 0 Å². The highest BCUT2D eigenvalue weighted by Crippen LogP contribution is 2.05. The van der Waals surface area contributed by atoms with Crippen LogP contribution in [0.1, 0.15) is 23.8 Å². The maximum Gasteiger partial charge on any atom is 0.359 e. The molecule has 0 unspecified atom stereocenters. The Balaban J connectivity index is 2.55. The molecule has 1 heterocycles. The molecule has 0 N–H and O–H groups in total. The average Bonchev–Trinajstić information content (AvgIpc) is 2.34. The summed E-state index contributed by atoms with van der Waals surface area (Å²) >= 11 is 0. The van der Waals surface area contributed by atoms with E-state index in [-0.39, 0.29) is 12.3 Å². The van der Waals surface area contributed by atoms with Crippen LogP contribution in [-0.2, 0) is 4.74 Å². The van der Waals surface area contributed by atoms with Gasteiger partial charge in [-0.05, 0) is 18.6 Å². The summed E-state index contributed by atoms with van der Waals surface area (Å²) in [4.78, 5) is 13.3. The second kappa shape index (κ2) is 6.62. The molecule has 0 spiro atoms. The van der Waals surface area contributed by atoms with Gasteiger partial charge in [0.05, 0.1) is 0 Å². The van der Waals surface area contributed by atoms with Crippen LogP contribution in [0.25, 0.3) is 0 Å². The van der Waals surface area contributed by atoms with Crippen molar-refractivity contribution in [2.75, 3.05) is 25.6 Å². The lowest BCUT2D eigenvalue weighted by atomic mass is 10.4. The predicted molar refractivity (Wildman–Crippen MR) is 66.1 cm³/mol. The fourth-order valence-electron chi connectivity index (χ4n) is 1.11. The van der Waals surface area contributed by atoms with Gasteiger partial charge in [-0.2, -0.15) is 0 Å². The molecule has 5 nitrogen and oxygen atoms in total. The Morgan fingerprint density at radius 3 is 2.65 bits per heavy atom. The van der Waals surface area contributed by atoms with E-state index < -0.39 is 5.97 Å². The molecule has 17 heavy (non-hydrogen) atoms. The van der Waals surface area contributed by atoms with E-state index in [2.05, 4.69) is 10.2 Å². The van der Waals surface area contributed by atoms with Gasteiger partial charge < -0.3 is 9.64 Å². The lowest BCUT2D eigenvalue weighted by Crippen LogP contribution is -2.14. The monoisotopic (exact) mass is 235 g/mol. The van der Waals surface area contributed by atoms with Crippen LogP contribution in [0.4, 0.5) is 5.82 Å². The fourth-order valence-corrected chi connectivity index (χ4v) is 1.11. The molecule has 0 aliphatic heterocycles. The molecule has 1 aromatic rings. The number of anilines is 1. The number of aromatic nitrogens is 2. The molecule has 0 amide bonds. The predicted octanol–water partition coefficient (Wildman–Crippen LogP) is 1.67. The quantitative estimate of drug-likeness (QED) is 0.574. The van der Waals surface area contributed by atoms with E-state index in [0.717, 1.165) is 6.42 Å². The van der Waals surface area contributed by atoms with Crippen LogP contribution in [0, 0.1) is 0 Å². The standard InChI is InChI=1S/C12H17N3O2/c1-4-5-6-9-17-12(16)10-7-8-11(14-13-10)15(2)3/h5-8H,4,9H2,1-3H3/b6-5+. The summed E-state index contributed by atoms with van der Waals surface area (Å²) in [5.74, 6) is 0.246. The van der Waals surface area contributed by atoms with Crippen molar-refractivity contribution in [3.63, 3.8) is 0 Å². The van der Waals surface area contributed by atoms with Gasteiger partial charge in [0.1, 0.15) is 6.61 Å². The molecule has 0 fully saturated rings. The molecule has 1 rings (SSSR count). The first-order chi connectivity index (χ1) is 8.15. The summed E-state index contributed by atoms with van der Waals surface area (Å²) in [5, 5.41) is 7.71. The molecule has 5 heteroatoms. The fraction of sp³-hybridized carbons (Fsp3) is 0.417. The zero-order chi connectivity index (χ0) is 12.7. The molecule has 0 atom stereocenters. The largest absolute Gasteiger partial charge is 0.457 e. The Morgan fingerprint density at radius 1 is 1.35 bits per heavy atom. The van der Waals surface area contributed by atoms with Gasteiger partial charge in [-0.3, -0.25) is 0 Å². The Labute approximate surface area is 101 Å². The number of ether oxygens (including phenoxy) is 1. The molecule has 0 radical (unpaired) electrons. The van der Waals surface area contributed by atoms with Crippen molar-refractivity contribution in [2.24, 2.45) is 0 Å². The van der Waals surface area contributed by atoms with Crippen molar-refractivity contribution in [1.82, 2.24) is 10.2 Å². The zero-order valence-electron chi connectivity index (χ0n) is 10.4. The van der Waals surface area contributed by atoms with E-state index in [1.54, 1.807) is 18.2 Å². The Hall–Kier alpha value is -1.91. The summed E-state index contributed by atoms with van der Waals surface area (Å²) in [6, 6.07) is 3.33. The number of esters is 1. The van der Waals surface area contributed by atoms with Gasteiger partial charge in [0, 0.05) is 14.1 Å². The number of hydrogen-bond donors (Lipinski definition) is 0. The van der Waals surface area contributed by atoms with E-state index in [9.17, 15) is 4.79 Å². The molecular formula is C12H17N3O2. The minimum Gasteiger partial charge on any atom is -0.457 e. The van der Waals surface area contributed by atoms with Gasteiger partial charge in [0.2, 0.25) is 0 Å². The first-order valence-corrected chi connectivity index (χ1v) is 5.48. The van der Waals surface area contributed by atoms with Crippen LogP contribution in [0.3, 0.4) is 0 Å². The Bertz CT molecular complexity index is 385. The average molecular weight is 235 g/mol. The van der Waals surface area contributed by atoms with Crippen LogP contribution in [0.2, 0.25) is 0 Å². The second-order valence-electron chi connectivity index (χ2n) is 3.65. The van der Waals surface area contributed by atoms with Gasteiger partial charge in [0.15, 0.2) is 11.5 Å². The maximum absolute atomic E-state index is 11.5. The lowest BCUT2D eigenvalue weighted by Gasteiger charge is -2.09. The van der Waals surface area contributed by atoms with Crippen molar-refractivity contribution in [3.8, 4) is 0 Å². The van der Waals surface area contributed by atoms with Crippen molar-refractivity contribution < 1.29 is 9.53 Å². The molecular weight excluding hydrogens is 218 g/mol. The topological polar surface area (TPSA) is 55.3 Å². The highest BCUT2D eigenvalue weighted by molar-refractivity contribution is 5.87. The zero-order valence-corrected chi connectivity index (χ0v) is 10.4. The van der Waals surface area contributed by atoms with Crippen LogP contribution < -0.4 is 4.90 Å². The molecule has 0 aliphatic rings. The van der Waals surface area contributed by atoms with Crippen molar-refractivity contribution in [2.45, 2.75) is 13.3 Å². The van der Waals surface area contributed by atoms with E-state index in [1.165, 1.54) is 0 Å².